The second kappa shape index (κ2) is 8.83. The molecular formula is C18H16FNO6S. The lowest BCUT2D eigenvalue weighted by atomic mass is 10.1. The molecule has 9 heteroatoms. The van der Waals surface area contributed by atoms with Crippen molar-refractivity contribution in [3.8, 4) is 5.75 Å². The van der Waals surface area contributed by atoms with Crippen molar-refractivity contribution < 1.29 is 28.3 Å². The van der Waals surface area contributed by atoms with Gasteiger partial charge in [-0.1, -0.05) is 0 Å². The Kier molecular flexibility index (Phi) is 6.25. The number of non-ortho nitro benzene ring substituents is 1. The standard InChI is InChI=1S/C18H16FNO6S/c19-14-1-3-16(4-2-14)27-6-5-17(21)25-10-13-8-15(20(22)23)7-12-9-24-11-26-18(12)13/h1-4,7-8H,5-6,9-11H2. The van der Waals surface area contributed by atoms with Gasteiger partial charge in [0.25, 0.3) is 5.69 Å². The van der Waals surface area contributed by atoms with Crippen molar-refractivity contribution in [2.45, 2.75) is 24.5 Å². The first-order valence-corrected chi connectivity index (χ1v) is 9.06. The molecule has 2 aromatic carbocycles. The third-order valence-corrected chi connectivity index (χ3v) is 4.77. The van der Waals surface area contributed by atoms with E-state index in [1.807, 2.05) is 0 Å². The molecule has 7 nitrogen and oxygen atoms in total. The molecular weight excluding hydrogens is 377 g/mol. The molecule has 0 radical (unpaired) electrons. The van der Waals surface area contributed by atoms with E-state index in [4.69, 9.17) is 14.2 Å². The van der Waals surface area contributed by atoms with Crippen LogP contribution in [-0.2, 0) is 27.5 Å². The highest BCUT2D eigenvalue weighted by Crippen LogP contribution is 2.33. The number of nitrogens with zero attached hydrogens (tertiary/aromatic N) is 1. The molecule has 0 bridgehead atoms. The van der Waals surface area contributed by atoms with Gasteiger partial charge in [-0.05, 0) is 24.3 Å². The lowest BCUT2D eigenvalue weighted by molar-refractivity contribution is -0.385. The zero-order chi connectivity index (χ0) is 19.2. The topological polar surface area (TPSA) is 87.9 Å². The van der Waals surface area contributed by atoms with Crippen LogP contribution in [0.25, 0.3) is 0 Å². The van der Waals surface area contributed by atoms with Crippen molar-refractivity contribution in [2.75, 3.05) is 12.5 Å². The van der Waals surface area contributed by atoms with Crippen LogP contribution in [0.1, 0.15) is 17.5 Å². The van der Waals surface area contributed by atoms with Crippen LogP contribution < -0.4 is 4.74 Å². The molecule has 0 amide bonds. The number of carbonyl (C=O) groups is 1. The maximum absolute atomic E-state index is 12.9. The zero-order valence-electron chi connectivity index (χ0n) is 14.2. The van der Waals surface area contributed by atoms with Crippen LogP contribution in [0.5, 0.6) is 5.75 Å². The molecule has 3 rings (SSSR count). The quantitative estimate of drug-likeness (QED) is 0.306. The molecule has 0 saturated carbocycles. The van der Waals surface area contributed by atoms with Crippen molar-refractivity contribution in [1.82, 2.24) is 0 Å². The van der Waals surface area contributed by atoms with Crippen LogP contribution >= 0.6 is 11.8 Å². The first kappa shape index (κ1) is 19.1. The highest BCUT2D eigenvalue weighted by Gasteiger charge is 2.21. The fourth-order valence-electron chi connectivity index (χ4n) is 2.51. The molecule has 1 aliphatic rings. The molecule has 2 aromatic rings. The largest absolute Gasteiger partial charge is 0.467 e. The van der Waals surface area contributed by atoms with Gasteiger partial charge in [-0.15, -0.1) is 11.8 Å². The Morgan fingerprint density at radius 2 is 2.07 bits per heavy atom. The lowest BCUT2D eigenvalue weighted by Crippen LogP contribution is -2.15. The summed E-state index contributed by atoms with van der Waals surface area (Å²) < 4.78 is 28.6. The summed E-state index contributed by atoms with van der Waals surface area (Å²) in [6.07, 6.45) is 0.156. The number of ether oxygens (including phenoxy) is 3. The summed E-state index contributed by atoms with van der Waals surface area (Å²) in [7, 11) is 0. The summed E-state index contributed by atoms with van der Waals surface area (Å²) in [5.41, 5.74) is 0.871. The predicted molar refractivity (Wildman–Crippen MR) is 94.9 cm³/mol. The zero-order valence-corrected chi connectivity index (χ0v) is 15.0. The van der Waals surface area contributed by atoms with Crippen LogP contribution in [-0.4, -0.2) is 23.4 Å². The fraction of sp³-hybridized carbons (Fsp3) is 0.278. The highest BCUT2D eigenvalue weighted by atomic mass is 32.2. The number of hydrogen-bond donors (Lipinski definition) is 0. The molecule has 0 atom stereocenters. The fourth-order valence-corrected chi connectivity index (χ4v) is 3.34. The van der Waals surface area contributed by atoms with E-state index in [1.54, 1.807) is 12.1 Å². The molecule has 0 unspecified atom stereocenters. The second-order valence-corrected chi connectivity index (χ2v) is 6.84. The van der Waals surface area contributed by atoms with Gasteiger partial charge in [0.2, 0.25) is 0 Å². The van der Waals surface area contributed by atoms with Crippen LogP contribution in [0.3, 0.4) is 0 Å². The van der Waals surface area contributed by atoms with Gasteiger partial charge in [0, 0.05) is 33.9 Å². The van der Waals surface area contributed by atoms with Crippen LogP contribution in [0.15, 0.2) is 41.3 Å². The van der Waals surface area contributed by atoms with Crippen molar-refractivity contribution >= 4 is 23.4 Å². The molecule has 0 saturated heterocycles. The summed E-state index contributed by atoms with van der Waals surface area (Å²) >= 11 is 1.41. The molecule has 0 aliphatic carbocycles. The van der Waals surface area contributed by atoms with Gasteiger partial charge in [-0.25, -0.2) is 4.39 Å². The lowest BCUT2D eigenvalue weighted by Gasteiger charge is -2.20. The van der Waals surface area contributed by atoms with E-state index in [9.17, 15) is 19.3 Å². The van der Waals surface area contributed by atoms with Crippen LogP contribution in [0.2, 0.25) is 0 Å². The van der Waals surface area contributed by atoms with Gasteiger partial charge < -0.3 is 14.2 Å². The molecule has 1 heterocycles. The summed E-state index contributed by atoms with van der Waals surface area (Å²) in [5.74, 6) is 0.186. The average Bonchev–Trinajstić information content (AvgIpc) is 2.67. The number of thioether (sulfide) groups is 1. The van der Waals surface area contributed by atoms with Gasteiger partial charge >= 0.3 is 5.97 Å². The van der Waals surface area contributed by atoms with Gasteiger partial charge in [0.15, 0.2) is 6.79 Å². The van der Waals surface area contributed by atoms with Crippen molar-refractivity contribution in [1.29, 1.82) is 0 Å². The Morgan fingerprint density at radius 1 is 1.30 bits per heavy atom. The van der Waals surface area contributed by atoms with E-state index < -0.39 is 10.9 Å². The minimum atomic E-state index is -0.514. The monoisotopic (exact) mass is 393 g/mol. The number of hydrogen-bond acceptors (Lipinski definition) is 7. The van der Waals surface area contributed by atoms with Gasteiger partial charge in [-0.3, -0.25) is 14.9 Å². The van der Waals surface area contributed by atoms with Crippen molar-refractivity contribution in [3.63, 3.8) is 0 Å². The minimum Gasteiger partial charge on any atom is -0.467 e. The molecule has 27 heavy (non-hydrogen) atoms. The minimum absolute atomic E-state index is 0.0417. The van der Waals surface area contributed by atoms with Crippen LogP contribution in [0.4, 0.5) is 10.1 Å². The van der Waals surface area contributed by atoms with Gasteiger partial charge in [0.1, 0.15) is 18.2 Å². The van der Waals surface area contributed by atoms with E-state index in [0.717, 1.165) is 4.90 Å². The maximum atomic E-state index is 12.9. The van der Waals surface area contributed by atoms with Gasteiger partial charge in [-0.2, -0.15) is 0 Å². The number of nitro benzene ring substituents is 1. The SMILES string of the molecule is O=C(CCSc1ccc(F)cc1)OCc1cc([N+](=O)[O-])cc2c1OCOC2. The second-order valence-electron chi connectivity index (χ2n) is 5.67. The van der Waals surface area contributed by atoms with Crippen molar-refractivity contribution in [3.05, 3.63) is 63.5 Å². The first-order chi connectivity index (χ1) is 13.0. The Hall–Kier alpha value is -2.65. The van der Waals surface area contributed by atoms with E-state index >= 15 is 0 Å². The van der Waals surface area contributed by atoms with Crippen molar-refractivity contribution in [2.24, 2.45) is 0 Å². The molecule has 0 spiro atoms. The third-order valence-electron chi connectivity index (χ3n) is 3.76. The number of halogens is 1. The van der Waals surface area contributed by atoms with Gasteiger partial charge in [0.05, 0.1) is 18.0 Å². The first-order valence-electron chi connectivity index (χ1n) is 8.07. The Balaban J connectivity index is 1.55. The third kappa shape index (κ3) is 5.18. The van der Waals surface area contributed by atoms with E-state index in [0.29, 0.717) is 22.6 Å². The molecule has 1 aliphatic heterocycles. The molecule has 0 N–H and O–H groups in total. The number of rotatable bonds is 7. The number of benzene rings is 2. The van der Waals surface area contributed by atoms with Crippen LogP contribution in [0, 0.1) is 15.9 Å². The summed E-state index contributed by atoms with van der Waals surface area (Å²) in [4.78, 5) is 23.4. The Labute approximate surface area is 158 Å². The number of esters is 1. The predicted octanol–water partition coefficient (Wildman–Crippen LogP) is 3.83. The summed E-state index contributed by atoms with van der Waals surface area (Å²) in [6.45, 7) is 0.121. The maximum Gasteiger partial charge on any atom is 0.306 e. The summed E-state index contributed by atoms with van der Waals surface area (Å²) in [6, 6.07) is 8.72. The number of fused-ring (bicyclic) bond motifs is 1. The van der Waals surface area contributed by atoms with E-state index in [1.165, 1.54) is 36.0 Å². The summed E-state index contributed by atoms with van der Waals surface area (Å²) in [5, 5.41) is 11.1. The smallest absolute Gasteiger partial charge is 0.306 e. The molecule has 142 valence electrons. The number of nitro groups is 1. The average molecular weight is 393 g/mol. The highest BCUT2D eigenvalue weighted by molar-refractivity contribution is 7.99. The molecule has 0 aromatic heterocycles. The Morgan fingerprint density at radius 3 is 2.81 bits per heavy atom. The molecule has 0 fully saturated rings. The Bertz CT molecular complexity index is 842. The van der Waals surface area contributed by atoms with E-state index in [2.05, 4.69) is 0 Å². The van der Waals surface area contributed by atoms with E-state index in [-0.39, 0.29) is 37.9 Å². The number of carbonyl (C=O) groups excluding carboxylic acids is 1. The normalized spacial score (nSPS) is 12.8.